The highest BCUT2D eigenvalue weighted by atomic mass is 16.4. The zero-order valence-corrected chi connectivity index (χ0v) is 18.6. The van der Waals surface area contributed by atoms with Crippen molar-refractivity contribution in [1.82, 2.24) is 10.2 Å². The Hall–Kier alpha value is -3.39. The molecule has 2 aromatic carbocycles. The number of hydrogen-bond donors (Lipinski definition) is 3. The van der Waals surface area contributed by atoms with Crippen LogP contribution >= 0.6 is 0 Å². The molecule has 33 heavy (non-hydrogen) atoms. The number of carboxylic acid groups (broad SMARTS) is 1. The highest BCUT2D eigenvalue weighted by molar-refractivity contribution is 6.02. The molecule has 2 amide bonds. The second kappa shape index (κ2) is 10.5. The maximum absolute atomic E-state index is 12.3. The highest BCUT2D eigenvalue weighted by Crippen LogP contribution is 2.29. The number of hydrogen-bond acceptors (Lipinski definition) is 5. The average Bonchev–Trinajstić information content (AvgIpc) is 2.78. The van der Waals surface area contributed by atoms with Gasteiger partial charge in [-0.2, -0.15) is 0 Å². The first-order valence-corrected chi connectivity index (χ1v) is 11.5. The van der Waals surface area contributed by atoms with Gasteiger partial charge < -0.3 is 20.6 Å². The number of anilines is 2. The van der Waals surface area contributed by atoms with Gasteiger partial charge in [-0.25, -0.2) is 4.79 Å². The lowest BCUT2D eigenvalue weighted by Crippen LogP contribution is -2.49. The van der Waals surface area contributed by atoms with Crippen molar-refractivity contribution in [1.29, 1.82) is 0 Å². The maximum atomic E-state index is 12.3. The molecule has 1 aliphatic heterocycles. The Labute approximate surface area is 193 Å². The number of carbonyl (C=O) groups excluding carboxylic acids is 2. The summed E-state index contributed by atoms with van der Waals surface area (Å²) in [5.74, 6) is -1.18. The number of carboxylic acids is 1. The Kier molecular flexibility index (Phi) is 7.24. The van der Waals surface area contributed by atoms with Gasteiger partial charge in [0.1, 0.15) is 0 Å². The summed E-state index contributed by atoms with van der Waals surface area (Å²) in [6, 6.07) is 15.0. The van der Waals surface area contributed by atoms with E-state index in [9.17, 15) is 19.5 Å². The van der Waals surface area contributed by atoms with Crippen LogP contribution in [0.5, 0.6) is 0 Å². The van der Waals surface area contributed by atoms with Gasteiger partial charge in [-0.1, -0.05) is 36.8 Å². The molecule has 0 spiro atoms. The van der Waals surface area contributed by atoms with Crippen LogP contribution in [-0.4, -0.2) is 60.5 Å². The molecule has 8 nitrogen and oxygen atoms in total. The second-order valence-corrected chi connectivity index (χ2v) is 8.68. The minimum Gasteiger partial charge on any atom is -0.478 e. The predicted octanol–water partition coefficient (Wildman–Crippen LogP) is 2.56. The first-order chi connectivity index (χ1) is 16.0. The molecule has 0 radical (unpaired) electrons. The van der Waals surface area contributed by atoms with E-state index in [0.717, 1.165) is 30.5 Å². The van der Waals surface area contributed by atoms with Crippen LogP contribution in [0.15, 0.2) is 48.5 Å². The third kappa shape index (κ3) is 5.90. The van der Waals surface area contributed by atoms with Gasteiger partial charge in [0.2, 0.25) is 11.8 Å². The van der Waals surface area contributed by atoms with Crippen molar-refractivity contribution in [2.45, 2.75) is 25.8 Å². The summed E-state index contributed by atoms with van der Waals surface area (Å²) in [7, 11) is 0. The van der Waals surface area contributed by atoms with E-state index in [2.05, 4.69) is 20.4 Å². The lowest BCUT2D eigenvalue weighted by atomic mass is 9.85. The van der Waals surface area contributed by atoms with Crippen LogP contribution in [0.2, 0.25) is 0 Å². The van der Waals surface area contributed by atoms with Crippen LogP contribution in [-0.2, 0) is 16.1 Å². The molecule has 2 aromatic rings. The van der Waals surface area contributed by atoms with Gasteiger partial charge in [-0.05, 0) is 36.6 Å². The van der Waals surface area contributed by atoms with Gasteiger partial charge in [0, 0.05) is 44.3 Å². The molecule has 0 unspecified atom stereocenters. The quantitative estimate of drug-likeness (QED) is 0.571. The topological polar surface area (TPSA) is 102 Å². The van der Waals surface area contributed by atoms with Crippen LogP contribution in [0.1, 0.15) is 35.2 Å². The zero-order chi connectivity index (χ0) is 23.2. The molecule has 2 aliphatic rings. The molecule has 0 bridgehead atoms. The number of carbonyl (C=O) groups is 3. The summed E-state index contributed by atoms with van der Waals surface area (Å²) in [5.41, 5.74) is 2.32. The molecule has 1 heterocycles. The van der Waals surface area contributed by atoms with E-state index in [0.29, 0.717) is 45.0 Å². The van der Waals surface area contributed by atoms with E-state index >= 15 is 0 Å². The average molecular weight is 451 g/mol. The van der Waals surface area contributed by atoms with E-state index < -0.39 is 5.97 Å². The fourth-order valence-corrected chi connectivity index (χ4v) is 4.14. The molecule has 0 aromatic heterocycles. The number of rotatable bonds is 8. The molecule has 174 valence electrons. The second-order valence-electron chi connectivity index (χ2n) is 8.68. The molecule has 1 saturated carbocycles. The molecule has 1 aliphatic carbocycles. The fourth-order valence-electron chi connectivity index (χ4n) is 4.14. The SMILES string of the molecule is O=C(CN1CCN(c2ccc(NC(=O)C3CCC3)c(C(=O)O)c2)CC1)NCc1ccccc1. The van der Waals surface area contributed by atoms with Crippen LogP contribution in [0.25, 0.3) is 0 Å². The minimum atomic E-state index is -1.06. The minimum absolute atomic E-state index is 0.00739. The summed E-state index contributed by atoms with van der Waals surface area (Å²) >= 11 is 0. The summed E-state index contributed by atoms with van der Waals surface area (Å²) in [6.07, 6.45) is 2.77. The van der Waals surface area contributed by atoms with Gasteiger partial charge in [-0.15, -0.1) is 0 Å². The summed E-state index contributed by atoms with van der Waals surface area (Å²) in [6.45, 7) is 3.66. The monoisotopic (exact) mass is 450 g/mol. The molecular weight excluding hydrogens is 420 g/mol. The molecule has 1 saturated heterocycles. The van der Waals surface area contributed by atoms with Gasteiger partial charge in [0.05, 0.1) is 17.8 Å². The zero-order valence-electron chi connectivity index (χ0n) is 18.6. The van der Waals surface area contributed by atoms with Gasteiger partial charge in [0.15, 0.2) is 0 Å². The van der Waals surface area contributed by atoms with Crippen LogP contribution in [0.3, 0.4) is 0 Å². The molecule has 4 rings (SSSR count). The molecule has 3 N–H and O–H groups in total. The summed E-state index contributed by atoms with van der Waals surface area (Å²) in [5, 5.41) is 15.4. The van der Waals surface area contributed by atoms with Gasteiger partial charge >= 0.3 is 5.97 Å². The maximum Gasteiger partial charge on any atom is 0.337 e. The standard InChI is InChI=1S/C25H30N4O4/c30-23(26-16-18-5-2-1-3-6-18)17-28-11-13-29(14-12-28)20-9-10-22(21(15-20)25(32)33)27-24(31)19-7-4-8-19/h1-3,5-6,9-10,15,19H,4,7-8,11-14,16-17H2,(H,26,30)(H,27,31)(H,32,33). The van der Waals surface area contributed by atoms with Crippen molar-refractivity contribution in [2.75, 3.05) is 42.9 Å². The Bertz CT molecular complexity index is 999. The highest BCUT2D eigenvalue weighted by Gasteiger charge is 2.27. The van der Waals surface area contributed by atoms with Crippen molar-refractivity contribution in [3.05, 3.63) is 59.7 Å². The first-order valence-electron chi connectivity index (χ1n) is 11.5. The number of nitrogens with one attached hydrogen (secondary N) is 2. The van der Waals surface area contributed by atoms with E-state index in [-0.39, 0.29) is 23.3 Å². The van der Waals surface area contributed by atoms with Crippen molar-refractivity contribution < 1.29 is 19.5 Å². The largest absolute Gasteiger partial charge is 0.478 e. The van der Waals surface area contributed by atoms with Crippen LogP contribution in [0.4, 0.5) is 11.4 Å². The lowest BCUT2D eigenvalue weighted by molar-refractivity contribution is -0.123. The summed E-state index contributed by atoms with van der Waals surface area (Å²) < 4.78 is 0. The summed E-state index contributed by atoms with van der Waals surface area (Å²) in [4.78, 5) is 40.6. The Morgan fingerprint density at radius 2 is 1.70 bits per heavy atom. The van der Waals surface area contributed by atoms with Crippen molar-refractivity contribution >= 4 is 29.2 Å². The van der Waals surface area contributed by atoms with Crippen molar-refractivity contribution in [2.24, 2.45) is 5.92 Å². The number of amides is 2. The third-order valence-electron chi connectivity index (χ3n) is 6.40. The first kappa shape index (κ1) is 22.8. The Morgan fingerprint density at radius 3 is 2.33 bits per heavy atom. The number of piperazine rings is 1. The van der Waals surface area contributed by atoms with Crippen molar-refractivity contribution in [3.8, 4) is 0 Å². The molecule has 2 fully saturated rings. The molecule has 8 heteroatoms. The lowest BCUT2D eigenvalue weighted by Gasteiger charge is -2.36. The fraction of sp³-hybridized carbons (Fsp3) is 0.400. The van der Waals surface area contributed by atoms with Crippen LogP contribution in [0, 0.1) is 5.92 Å². The number of nitrogens with zero attached hydrogens (tertiary/aromatic N) is 2. The Balaban J connectivity index is 1.29. The van der Waals surface area contributed by atoms with Gasteiger partial charge in [-0.3, -0.25) is 14.5 Å². The molecule has 0 atom stereocenters. The third-order valence-corrected chi connectivity index (χ3v) is 6.40. The van der Waals surface area contributed by atoms with Gasteiger partial charge in [0.25, 0.3) is 0 Å². The normalized spacial score (nSPS) is 16.7. The predicted molar refractivity (Wildman–Crippen MR) is 126 cm³/mol. The van der Waals surface area contributed by atoms with E-state index in [1.54, 1.807) is 12.1 Å². The van der Waals surface area contributed by atoms with E-state index in [1.807, 2.05) is 36.4 Å². The number of aromatic carboxylic acids is 1. The van der Waals surface area contributed by atoms with E-state index in [1.165, 1.54) is 0 Å². The smallest absolute Gasteiger partial charge is 0.337 e. The van der Waals surface area contributed by atoms with E-state index in [4.69, 9.17) is 0 Å². The number of benzene rings is 2. The molecular formula is C25H30N4O4. The van der Waals surface area contributed by atoms with Crippen LogP contribution < -0.4 is 15.5 Å². The Morgan fingerprint density at radius 1 is 0.970 bits per heavy atom. The van der Waals surface area contributed by atoms with Crippen molar-refractivity contribution in [3.63, 3.8) is 0 Å².